The molecule has 0 saturated carbocycles. The van der Waals surface area contributed by atoms with E-state index in [2.05, 4.69) is 109 Å². The van der Waals surface area contributed by atoms with E-state index in [9.17, 15) is 0 Å². The van der Waals surface area contributed by atoms with Gasteiger partial charge >= 0.3 is 0 Å². The number of allylic oxidation sites excluding steroid dienone is 4. The molecule has 4 rings (SSSR count). The molecule has 0 amide bonds. The van der Waals surface area contributed by atoms with Crippen molar-refractivity contribution in [3.8, 4) is 0 Å². The van der Waals surface area contributed by atoms with Crippen LogP contribution in [0.4, 0.5) is 0 Å². The number of benzene rings is 3. The summed E-state index contributed by atoms with van der Waals surface area (Å²) in [5, 5.41) is 0. The fourth-order valence-electron chi connectivity index (χ4n) is 3.16. The lowest BCUT2D eigenvalue weighted by atomic mass is 9.95. The van der Waals surface area contributed by atoms with Crippen molar-refractivity contribution >= 4 is 10.9 Å². The molecule has 25 heavy (non-hydrogen) atoms. The zero-order valence-corrected chi connectivity index (χ0v) is 14.9. The van der Waals surface area contributed by atoms with E-state index in [1.807, 2.05) is 0 Å². The van der Waals surface area contributed by atoms with Crippen molar-refractivity contribution in [2.75, 3.05) is 0 Å². The lowest BCUT2D eigenvalue weighted by Gasteiger charge is -2.12. The molecule has 1 aliphatic rings. The third-order valence-corrected chi connectivity index (χ3v) is 6.65. The highest BCUT2D eigenvalue weighted by Gasteiger charge is 2.28. The predicted molar refractivity (Wildman–Crippen MR) is 107 cm³/mol. The maximum atomic E-state index is 2.30. The van der Waals surface area contributed by atoms with Gasteiger partial charge in [0.1, 0.15) is 0 Å². The third kappa shape index (κ3) is 3.62. The highest BCUT2D eigenvalue weighted by molar-refractivity contribution is 7.97. The first-order valence-electron chi connectivity index (χ1n) is 8.69. The minimum atomic E-state index is -0.0639. The van der Waals surface area contributed by atoms with Gasteiger partial charge in [0, 0.05) is 5.92 Å². The van der Waals surface area contributed by atoms with Crippen LogP contribution in [-0.2, 0) is 10.9 Å². The molecule has 1 heteroatoms. The largest absolute Gasteiger partial charge is 0.166 e. The molecule has 122 valence electrons. The Kier molecular flexibility index (Phi) is 4.85. The molecule has 1 aliphatic carbocycles. The summed E-state index contributed by atoms with van der Waals surface area (Å²) in [7, 11) is -0.0639. The van der Waals surface area contributed by atoms with Gasteiger partial charge in [0.2, 0.25) is 0 Å². The van der Waals surface area contributed by atoms with E-state index in [0.29, 0.717) is 5.92 Å². The van der Waals surface area contributed by atoms with E-state index in [1.54, 1.807) is 0 Å². The van der Waals surface area contributed by atoms with Gasteiger partial charge in [-0.05, 0) is 48.4 Å². The lowest BCUT2D eigenvalue weighted by Crippen LogP contribution is -2.05. The minimum absolute atomic E-state index is 0.0639. The maximum absolute atomic E-state index is 2.30. The van der Waals surface area contributed by atoms with Gasteiger partial charge in [0.05, 0.1) is 10.9 Å². The Morgan fingerprint density at radius 1 is 0.560 bits per heavy atom. The fraction of sp³-hybridized carbons (Fsp3) is 0.0833. The summed E-state index contributed by atoms with van der Waals surface area (Å²) in [5.41, 5.74) is 1.36. The van der Waals surface area contributed by atoms with Crippen LogP contribution in [-0.4, -0.2) is 0 Å². The summed E-state index contributed by atoms with van der Waals surface area (Å²) in [6, 6.07) is 30.8. The quantitative estimate of drug-likeness (QED) is 0.381. The van der Waals surface area contributed by atoms with E-state index < -0.39 is 0 Å². The van der Waals surface area contributed by atoms with Crippen molar-refractivity contribution in [1.82, 2.24) is 0 Å². The second-order valence-corrected chi connectivity index (χ2v) is 8.15. The highest BCUT2D eigenvalue weighted by Crippen LogP contribution is 2.32. The normalized spacial score (nSPS) is 14.1. The van der Waals surface area contributed by atoms with Crippen LogP contribution >= 0.6 is 0 Å². The molecule has 0 N–H and O–H groups in total. The van der Waals surface area contributed by atoms with E-state index in [4.69, 9.17) is 0 Å². The van der Waals surface area contributed by atoms with Gasteiger partial charge in [-0.1, -0.05) is 72.8 Å². The topological polar surface area (TPSA) is 0 Å². The van der Waals surface area contributed by atoms with Gasteiger partial charge in [-0.25, -0.2) is 0 Å². The number of hydrogen-bond donors (Lipinski definition) is 0. The van der Waals surface area contributed by atoms with Gasteiger partial charge in [-0.15, -0.1) is 0 Å². The molecule has 3 aromatic carbocycles. The molecular weight excluding hydrogens is 320 g/mol. The van der Waals surface area contributed by atoms with Gasteiger partial charge < -0.3 is 0 Å². The second kappa shape index (κ2) is 7.58. The van der Waals surface area contributed by atoms with Crippen molar-refractivity contribution in [3.63, 3.8) is 0 Å². The van der Waals surface area contributed by atoms with Crippen LogP contribution in [0, 0.1) is 0 Å². The summed E-state index contributed by atoms with van der Waals surface area (Å²) in [6.07, 6.45) is 10.1. The van der Waals surface area contributed by atoms with Gasteiger partial charge in [-0.3, -0.25) is 0 Å². The summed E-state index contributed by atoms with van der Waals surface area (Å²) >= 11 is 0. The molecule has 0 bridgehead atoms. The highest BCUT2D eigenvalue weighted by atomic mass is 32.2. The second-order valence-electron chi connectivity index (χ2n) is 6.12. The molecule has 0 heterocycles. The Balaban J connectivity index is 1.71. The van der Waals surface area contributed by atoms with Gasteiger partial charge in [-0.2, -0.15) is 0 Å². The molecule has 0 aromatic heterocycles. The molecule has 0 saturated heterocycles. The molecule has 0 nitrogen and oxygen atoms in total. The third-order valence-electron chi connectivity index (χ3n) is 4.42. The Labute approximate surface area is 152 Å². The molecule has 0 spiro atoms. The van der Waals surface area contributed by atoms with E-state index >= 15 is 0 Å². The van der Waals surface area contributed by atoms with Crippen LogP contribution in [0.25, 0.3) is 0 Å². The first kappa shape index (κ1) is 16.0. The van der Waals surface area contributed by atoms with Crippen LogP contribution in [0.15, 0.2) is 124 Å². The first-order chi connectivity index (χ1) is 12.4. The smallest absolute Gasteiger partial charge is 0.0838 e. The summed E-state index contributed by atoms with van der Waals surface area (Å²) in [4.78, 5) is 4.09. The van der Waals surface area contributed by atoms with Crippen molar-refractivity contribution in [2.24, 2.45) is 0 Å². The van der Waals surface area contributed by atoms with Crippen LogP contribution in [0.3, 0.4) is 0 Å². The Morgan fingerprint density at radius 3 is 1.56 bits per heavy atom. The SMILES string of the molecule is C1=CC(c2ccc([S+](c3ccccc3)c3ccccc3)cc2)C=CC1. The van der Waals surface area contributed by atoms with Crippen molar-refractivity contribution in [2.45, 2.75) is 27.0 Å². The monoisotopic (exact) mass is 341 g/mol. The molecule has 0 fully saturated rings. The molecule has 0 atom stereocenters. The van der Waals surface area contributed by atoms with Crippen LogP contribution in [0.5, 0.6) is 0 Å². The molecule has 0 unspecified atom stereocenters. The Morgan fingerprint density at radius 2 is 1.04 bits per heavy atom. The first-order valence-corrected chi connectivity index (χ1v) is 9.92. The average molecular weight is 341 g/mol. The molecular formula is C24H21S+. The zero-order chi connectivity index (χ0) is 16.9. The average Bonchev–Trinajstić information content (AvgIpc) is 2.71. The summed E-state index contributed by atoms with van der Waals surface area (Å²) in [5.74, 6) is 0.415. The molecule has 0 aliphatic heterocycles. The maximum Gasteiger partial charge on any atom is 0.166 e. The number of hydrogen-bond acceptors (Lipinski definition) is 0. The zero-order valence-electron chi connectivity index (χ0n) is 14.1. The Bertz CT molecular complexity index is 809. The van der Waals surface area contributed by atoms with Crippen molar-refractivity contribution < 1.29 is 0 Å². The van der Waals surface area contributed by atoms with Gasteiger partial charge in [0.25, 0.3) is 0 Å². The molecule has 0 radical (unpaired) electrons. The van der Waals surface area contributed by atoms with E-state index in [-0.39, 0.29) is 10.9 Å². The fourth-order valence-corrected chi connectivity index (χ4v) is 5.25. The van der Waals surface area contributed by atoms with E-state index in [0.717, 1.165) is 6.42 Å². The van der Waals surface area contributed by atoms with Gasteiger partial charge in [0.15, 0.2) is 14.7 Å². The predicted octanol–water partition coefficient (Wildman–Crippen LogP) is 6.38. The van der Waals surface area contributed by atoms with Crippen molar-refractivity contribution in [1.29, 1.82) is 0 Å². The summed E-state index contributed by atoms with van der Waals surface area (Å²) in [6.45, 7) is 0. The minimum Gasteiger partial charge on any atom is -0.0838 e. The van der Waals surface area contributed by atoms with Crippen LogP contribution in [0.1, 0.15) is 17.9 Å². The van der Waals surface area contributed by atoms with Crippen molar-refractivity contribution in [3.05, 3.63) is 115 Å². The Hall–Kier alpha value is -2.51. The molecule has 3 aromatic rings. The standard InChI is InChI=1S/C24H21S/c1-4-10-20(11-5-1)21-16-18-24(19-17-21)25(22-12-6-2-7-13-22)23-14-8-3-9-15-23/h2-20H,1H2/q+1. The lowest BCUT2D eigenvalue weighted by molar-refractivity contribution is 1.03. The van der Waals surface area contributed by atoms with E-state index in [1.165, 1.54) is 20.2 Å². The van der Waals surface area contributed by atoms with Crippen LogP contribution in [0.2, 0.25) is 0 Å². The van der Waals surface area contributed by atoms with Crippen LogP contribution < -0.4 is 0 Å². The summed E-state index contributed by atoms with van der Waals surface area (Å²) < 4.78 is 0. The number of rotatable bonds is 4.